The maximum atomic E-state index is 11.7. The number of hydrogen-bond donors (Lipinski definition) is 0. The van der Waals surface area contributed by atoms with Gasteiger partial charge in [-0.25, -0.2) is 0 Å². The van der Waals surface area contributed by atoms with Gasteiger partial charge in [0.25, 0.3) is 0 Å². The van der Waals surface area contributed by atoms with Crippen LogP contribution in [-0.2, 0) is 19.1 Å². The Morgan fingerprint density at radius 3 is 2.50 bits per heavy atom. The summed E-state index contributed by atoms with van der Waals surface area (Å²) in [4.78, 5) is 22.8. The van der Waals surface area contributed by atoms with Gasteiger partial charge in [-0.1, -0.05) is 22.6 Å². The minimum absolute atomic E-state index is 0.0271. The van der Waals surface area contributed by atoms with E-state index in [0.29, 0.717) is 13.2 Å². The van der Waals surface area contributed by atoms with Gasteiger partial charge in [0, 0.05) is 19.1 Å². The van der Waals surface area contributed by atoms with Crippen molar-refractivity contribution in [2.45, 2.75) is 16.8 Å². The summed E-state index contributed by atoms with van der Waals surface area (Å²) >= 11 is 1.83. The normalized spacial score (nSPS) is 20.1. The Morgan fingerprint density at radius 1 is 1.43 bits per heavy atom. The fourth-order valence-corrected chi connectivity index (χ4v) is 2.17. The molecule has 80 valence electrons. The largest absolute Gasteiger partial charge is 0.468 e. The van der Waals surface area contributed by atoms with E-state index < -0.39 is 9.89 Å². The zero-order valence-electron chi connectivity index (χ0n) is 7.99. The van der Waals surface area contributed by atoms with Gasteiger partial charge in [-0.15, -0.1) is 0 Å². The van der Waals surface area contributed by atoms with Crippen LogP contribution in [-0.4, -0.2) is 36.0 Å². The van der Waals surface area contributed by atoms with Crippen LogP contribution in [0.4, 0.5) is 0 Å². The van der Waals surface area contributed by atoms with Crippen molar-refractivity contribution in [1.82, 2.24) is 0 Å². The van der Waals surface area contributed by atoms with Gasteiger partial charge < -0.3 is 9.47 Å². The van der Waals surface area contributed by atoms with Gasteiger partial charge >= 0.3 is 5.97 Å². The second-order valence-corrected chi connectivity index (χ2v) is 4.42. The molecule has 1 saturated heterocycles. The number of esters is 1. The number of hydrogen-bond acceptors (Lipinski definition) is 4. The predicted molar refractivity (Wildman–Crippen MR) is 58.4 cm³/mol. The Hall–Kier alpha value is -0.170. The molecule has 1 heterocycles. The van der Waals surface area contributed by atoms with Crippen molar-refractivity contribution in [3.05, 3.63) is 0 Å². The molecular formula is C9H13IO4. The first kappa shape index (κ1) is 11.9. The van der Waals surface area contributed by atoms with E-state index in [1.54, 1.807) is 0 Å². The zero-order valence-corrected chi connectivity index (χ0v) is 10.2. The Bertz CT molecular complexity index is 223. The molecule has 4 nitrogen and oxygen atoms in total. The van der Waals surface area contributed by atoms with Crippen molar-refractivity contribution in [2.75, 3.05) is 20.3 Å². The molecule has 0 aliphatic carbocycles. The van der Waals surface area contributed by atoms with E-state index in [-0.39, 0.29) is 11.7 Å². The summed E-state index contributed by atoms with van der Waals surface area (Å²) in [6, 6.07) is 0. The molecule has 1 aliphatic heterocycles. The van der Waals surface area contributed by atoms with Crippen LogP contribution in [0.25, 0.3) is 0 Å². The van der Waals surface area contributed by atoms with E-state index in [9.17, 15) is 9.59 Å². The van der Waals surface area contributed by atoms with E-state index in [0.717, 1.165) is 12.8 Å². The van der Waals surface area contributed by atoms with Gasteiger partial charge in [0.05, 0.1) is 7.11 Å². The molecule has 14 heavy (non-hydrogen) atoms. The number of rotatable bonds is 3. The molecule has 0 spiro atoms. The first-order chi connectivity index (χ1) is 6.66. The predicted octanol–water partition coefficient (Wildman–Crippen LogP) is 0.959. The highest BCUT2D eigenvalue weighted by atomic mass is 127. The summed E-state index contributed by atoms with van der Waals surface area (Å²) in [6.07, 6.45) is 1.44. The molecule has 0 radical (unpaired) electrons. The number of ketones is 1. The van der Waals surface area contributed by atoms with E-state index in [4.69, 9.17) is 4.74 Å². The SMILES string of the molecule is COC(=O)C(I)C(=O)C1CCOCC1. The minimum Gasteiger partial charge on any atom is -0.468 e. The second kappa shape index (κ2) is 5.65. The van der Waals surface area contributed by atoms with E-state index >= 15 is 0 Å². The van der Waals surface area contributed by atoms with Gasteiger partial charge in [-0.05, 0) is 12.8 Å². The number of ether oxygens (including phenoxy) is 2. The summed E-state index contributed by atoms with van der Waals surface area (Å²) in [5.41, 5.74) is 0. The van der Waals surface area contributed by atoms with Crippen molar-refractivity contribution < 1.29 is 19.1 Å². The Labute approximate surface area is 96.5 Å². The maximum absolute atomic E-state index is 11.7. The van der Waals surface area contributed by atoms with Crippen LogP contribution in [0.3, 0.4) is 0 Å². The quantitative estimate of drug-likeness (QED) is 0.337. The molecule has 0 N–H and O–H groups in total. The Balaban J connectivity index is 2.50. The molecule has 0 bridgehead atoms. The highest BCUT2D eigenvalue weighted by molar-refractivity contribution is 14.1. The lowest BCUT2D eigenvalue weighted by atomic mass is 9.93. The molecule has 0 saturated carbocycles. The molecule has 1 atom stereocenters. The highest BCUT2D eigenvalue weighted by Gasteiger charge is 2.31. The molecule has 0 aromatic heterocycles. The van der Waals surface area contributed by atoms with Gasteiger partial charge in [-0.2, -0.15) is 0 Å². The van der Waals surface area contributed by atoms with Crippen molar-refractivity contribution in [2.24, 2.45) is 5.92 Å². The summed E-state index contributed by atoms with van der Waals surface area (Å²) < 4.78 is 9.00. The lowest BCUT2D eigenvalue weighted by Gasteiger charge is -2.22. The molecule has 0 aromatic carbocycles. The minimum atomic E-state index is -0.666. The third kappa shape index (κ3) is 2.91. The Kier molecular flexibility index (Phi) is 4.80. The van der Waals surface area contributed by atoms with Crippen LogP contribution < -0.4 is 0 Å². The molecule has 1 fully saturated rings. The van der Waals surface area contributed by atoms with Crippen molar-refractivity contribution >= 4 is 34.3 Å². The molecule has 5 heteroatoms. The number of carbonyl (C=O) groups is 2. The zero-order chi connectivity index (χ0) is 10.6. The van der Waals surface area contributed by atoms with Gasteiger partial charge in [-0.3, -0.25) is 9.59 Å². The maximum Gasteiger partial charge on any atom is 0.326 e. The average Bonchev–Trinajstić information content (AvgIpc) is 2.27. The number of halogens is 1. The fourth-order valence-electron chi connectivity index (χ4n) is 1.41. The molecule has 0 aromatic rings. The van der Waals surface area contributed by atoms with E-state index in [2.05, 4.69) is 4.74 Å². The number of alkyl halides is 1. The summed E-state index contributed by atoms with van der Waals surface area (Å²) in [7, 11) is 1.30. The second-order valence-electron chi connectivity index (χ2n) is 3.17. The summed E-state index contributed by atoms with van der Waals surface area (Å²) in [5, 5.41) is 0. The van der Waals surface area contributed by atoms with Crippen molar-refractivity contribution in [3.63, 3.8) is 0 Å². The van der Waals surface area contributed by atoms with Crippen LogP contribution in [0.15, 0.2) is 0 Å². The molecule has 1 rings (SSSR count). The van der Waals surface area contributed by atoms with E-state index in [1.165, 1.54) is 7.11 Å². The van der Waals surface area contributed by atoms with Crippen LogP contribution in [0.2, 0.25) is 0 Å². The van der Waals surface area contributed by atoms with Crippen LogP contribution >= 0.6 is 22.6 Å². The molecule has 0 amide bonds. The van der Waals surface area contributed by atoms with Gasteiger partial charge in [0.2, 0.25) is 0 Å². The van der Waals surface area contributed by atoms with E-state index in [1.807, 2.05) is 22.6 Å². The Morgan fingerprint density at radius 2 is 2.00 bits per heavy atom. The van der Waals surface area contributed by atoms with Crippen molar-refractivity contribution in [1.29, 1.82) is 0 Å². The van der Waals surface area contributed by atoms with Gasteiger partial charge in [0.1, 0.15) is 0 Å². The smallest absolute Gasteiger partial charge is 0.326 e. The van der Waals surface area contributed by atoms with Crippen molar-refractivity contribution in [3.8, 4) is 0 Å². The lowest BCUT2D eigenvalue weighted by Crippen LogP contribution is -2.34. The van der Waals surface area contributed by atoms with Crippen LogP contribution in [0.1, 0.15) is 12.8 Å². The third-order valence-corrected chi connectivity index (χ3v) is 3.40. The summed E-state index contributed by atoms with van der Waals surface area (Å²) in [6.45, 7) is 1.22. The first-order valence-corrected chi connectivity index (χ1v) is 5.74. The first-order valence-electron chi connectivity index (χ1n) is 4.50. The van der Waals surface area contributed by atoms with Crippen LogP contribution in [0, 0.1) is 5.92 Å². The lowest BCUT2D eigenvalue weighted by molar-refractivity contribution is -0.143. The molecule has 1 unspecified atom stereocenters. The highest BCUT2D eigenvalue weighted by Crippen LogP contribution is 2.20. The van der Waals surface area contributed by atoms with Gasteiger partial charge in [0.15, 0.2) is 9.71 Å². The monoisotopic (exact) mass is 312 g/mol. The standard InChI is InChI=1S/C9H13IO4/c1-13-9(12)7(10)8(11)6-2-4-14-5-3-6/h6-7H,2-5H2,1H3. The average molecular weight is 312 g/mol. The topological polar surface area (TPSA) is 52.6 Å². The number of Topliss-reactive ketones (excluding diaryl/α,β-unsaturated/α-hetero) is 1. The molecule has 1 aliphatic rings. The van der Waals surface area contributed by atoms with Crippen LogP contribution in [0.5, 0.6) is 0 Å². The fraction of sp³-hybridized carbons (Fsp3) is 0.778. The molecular weight excluding hydrogens is 299 g/mol. The third-order valence-electron chi connectivity index (χ3n) is 2.28. The number of methoxy groups -OCH3 is 1. The summed E-state index contributed by atoms with van der Waals surface area (Å²) in [5.74, 6) is -0.521. The number of carbonyl (C=O) groups excluding carboxylic acids is 2.